The van der Waals surface area contributed by atoms with Gasteiger partial charge in [-0.3, -0.25) is 9.79 Å². The number of nitrogens with zero attached hydrogens (tertiary/aromatic N) is 2. The van der Waals surface area contributed by atoms with Crippen molar-refractivity contribution in [3.63, 3.8) is 0 Å². The van der Waals surface area contributed by atoms with Crippen LogP contribution >= 0.6 is 0 Å². The lowest BCUT2D eigenvalue weighted by atomic mass is 10.2. The van der Waals surface area contributed by atoms with Crippen LogP contribution in [0, 0.1) is 0 Å². The third-order valence-corrected chi connectivity index (χ3v) is 4.03. The van der Waals surface area contributed by atoms with Crippen molar-refractivity contribution in [1.82, 2.24) is 10.6 Å². The normalized spacial score (nSPS) is 17.5. The number of aliphatic imine (C=N–C) groups is 1. The Balaban J connectivity index is 1.85. The van der Waals surface area contributed by atoms with Crippen molar-refractivity contribution in [3.05, 3.63) is 24.3 Å². The van der Waals surface area contributed by atoms with Gasteiger partial charge >= 0.3 is 5.97 Å². The average molecular weight is 334 g/mol. The molecule has 1 saturated heterocycles. The molecule has 1 atom stereocenters. The van der Waals surface area contributed by atoms with E-state index in [1.807, 2.05) is 18.2 Å². The Morgan fingerprint density at radius 2 is 2.17 bits per heavy atom. The van der Waals surface area contributed by atoms with Crippen LogP contribution in [0.15, 0.2) is 29.3 Å². The maximum Gasteiger partial charge on any atom is 0.307 e. The minimum absolute atomic E-state index is 0.235. The first-order valence-electron chi connectivity index (χ1n) is 8.10. The van der Waals surface area contributed by atoms with E-state index < -0.39 is 0 Å². The minimum Gasteiger partial charge on any atom is -0.495 e. The Labute approximate surface area is 143 Å². The molecule has 0 aliphatic carbocycles. The number of hydrogen-bond acceptors (Lipinski definition) is 5. The summed E-state index contributed by atoms with van der Waals surface area (Å²) in [6.07, 6.45) is 1.32. The van der Waals surface area contributed by atoms with Gasteiger partial charge in [0.15, 0.2) is 5.96 Å². The van der Waals surface area contributed by atoms with Gasteiger partial charge in [-0.1, -0.05) is 12.1 Å². The highest BCUT2D eigenvalue weighted by Gasteiger charge is 2.25. The molecule has 0 amide bonds. The molecule has 7 heteroatoms. The van der Waals surface area contributed by atoms with Crippen LogP contribution in [0.4, 0.5) is 5.69 Å². The van der Waals surface area contributed by atoms with Crippen LogP contribution in [-0.4, -0.2) is 58.9 Å². The smallest absolute Gasteiger partial charge is 0.307 e. The fourth-order valence-corrected chi connectivity index (χ4v) is 2.76. The second kappa shape index (κ2) is 9.00. The van der Waals surface area contributed by atoms with E-state index in [1.54, 1.807) is 14.2 Å². The van der Waals surface area contributed by atoms with Crippen LogP contribution in [0.1, 0.15) is 12.8 Å². The molecule has 1 fully saturated rings. The van der Waals surface area contributed by atoms with E-state index >= 15 is 0 Å². The van der Waals surface area contributed by atoms with Crippen LogP contribution in [0.3, 0.4) is 0 Å². The fourth-order valence-electron chi connectivity index (χ4n) is 2.76. The zero-order chi connectivity index (χ0) is 17.4. The molecule has 2 N–H and O–H groups in total. The summed E-state index contributed by atoms with van der Waals surface area (Å²) in [5.41, 5.74) is 1.11. The number of nitrogens with one attached hydrogen (secondary N) is 2. The minimum atomic E-state index is -0.235. The summed E-state index contributed by atoms with van der Waals surface area (Å²) in [7, 11) is 4.80. The monoisotopic (exact) mass is 334 g/mol. The molecule has 0 spiro atoms. The lowest BCUT2D eigenvalue weighted by Crippen LogP contribution is -2.45. The van der Waals surface area contributed by atoms with Crippen molar-refractivity contribution in [2.24, 2.45) is 4.99 Å². The fraction of sp³-hybridized carbons (Fsp3) is 0.529. The Morgan fingerprint density at radius 1 is 1.38 bits per heavy atom. The van der Waals surface area contributed by atoms with E-state index in [2.05, 4.69) is 31.3 Å². The molecule has 1 aromatic carbocycles. The van der Waals surface area contributed by atoms with Gasteiger partial charge in [0.1, 0.15) is 5.75 Å². The number of esters is 1. The van der Waals surface area contributed by atoms with Crippen LogP contribution in [0.25, 0.3) is 0 Å². The summed E-state index contributed by atoms with van der Waals surface area (Å²) in [4.78, 5) is 17.7. The first kappa shape index (κ1) is 17.9. The molecule has 0 bridgehead atoms. The molecule has 1 aliphatic rings. The van der Waals surface area contributed by atoms with E-state index in [1.165, 1.54) is 7.11 Å². The maximum absolute atomic E-state index is 11.1. The van der Waals surface area contributed by atoms with Crippen molar-refractivity contribution in [2.45, 2.75) is 18.9 Å². The highest BCUT2D eigenvalue weighted by Crippen LogP contribution is 2.30. The summed E-state index contributed by atoms with van der Waals surface area (Å²) in [5.74, 6) is 1.35. The van der Waals surface area contributed by atoms with Crippen molar-refractivity contribution in [3.8, 4) is 5.75 Å². The van der Waals surface area contributed by atoms with Crippen LogP contribution < -0.4 is 20.3 Å². The largest absolute Gasteiger partial charge is 0.495 e. The third kappa shape index (κ3) is 4.78. The van der Waals surface area contributed by atoms with E-state index in [0.717, 1.165) is 30.9 Å². The number of ether oxygens (including phenoxy) is 2. The molecule has 1 unspecified atom stereocenters. The lowest BCUT2D eigenvalue weighted by molar-refractivity contribution is -0.140. The number of guanidine groups is 1. The zero-order valence-electron chi connectivity index (χ0n) is 14.5. The Morgan fingerprint density at radius 3 is 2.88 bits per heavy atom. The number of para-hydroxylation sites is 2. The predicted octanol–water partition coefficient (Wildman–Crippen LogP) is 1.00. The quantitative estimate of drug-likeness (QED) is 0.459. The Bertz CT molecular complexity index is 577. The first-order valence-corrected chi connectivity index (χ1v) is 8.10. The Kier molecular flexibility index (Phi) is 6.72. The molecular formula is C17H26N4O3. The van der Waals surface area contributed by atoms with Crippen molar-refractivity contribution in [1.29, 1.82) is 0 Å². The number of hydrogen-bond donors (Lipinski definition) is 2. The summed E-state index contributed by atoms with van der Waals surface area (Å²) >= 11 is 0. The van der Waals surface area contributed by atoms with Gasteiger partial charge in [0, 0.05) is 32.7 Å². The molecule has 1 heterocycles. The van der Waals surface area contributed by atoms with Crippen LogP contribution in [-0.2, 0) is 9.53 Å². The van der Waals surface area contributed by atoms with E-state index in [4.69, 9.17) is 4.74 Å². The van der Waals surface area contributed by atoms with Crippen molar-refractivity contribution in [2.75, 3.05) is 45.8 Å². The topological polar surface area (TPSA) is 75.2 Å². The molecular weight excluding hydrogens is 308 g/mol. The summed E-state index contributed by atoms with van der Waals surface area (Å²) in [6, 6.07) is 8.33. The molecule has 0 aromatic heterocycles. The van der Waals surface area contributed by atoms with Gasteiger partial charge in [-0.05, 0) is 18.6 Å². The first-order chi connectivity index (χ1) is 11.7. The van der Waals surface area contributed by atoms with Gasteiger partial charge in [0.05, 0.1) is 26.3 Å². The molecule has 7 nitrogen and oxygen atoms in total. The van der Waals surface area contributed by atoms with Crippen LogP contribution in [0.5, 0.6) is 5.75 Å². The van der Waals surface area contributed by atoms with Gasteiger partial charge in [0.25, 0.3) is 0 Å². The number of benzene rings is 1. The highest BCUT2D eigenvalue weighted by atomic mass is 16.5. The molecule has 132 valence electrons. The third-order valence-electron chi connectivity index (χ3n) is 4.03. The van der Waals surface area contributed by atoms with Gasteiger partial charge in [0.2, 0.25) is 0 Å². The highest BCUT2D eigenvalue weighted by molar-refractivity contribution is 5.80. The van der Waals surface area contributed by atoms with E-state index in [-0.39, 0.29) is 5.97 Å². The number of carbonyl (C=O) groups is 1. The van der Waals surface area contributed by atoms with Crippen LogP contribution in [0.2, 0.25) is 0 Å². The molecule has 1 aliphatic heterocycles. The van der Waals surface area contributed by atoms with Crippen molar-refractivity contribution < 1.29 is 14.3 Å². The van der Waals surface area contributed by atoms with Gasteiger partial charge in [-0.15, -0.1) is 0 Å². The molecule has 0 radical (unpaired) electrons. The van der Waals surface area contributed by atoms with Gasteiger partial charge in [-0.25, -0.2) is 0 Å². The Hall–Kier alpha value is -2.44. The maximum atomic E-state index is 11.1. The lowest BCUT2D eigenvalue weighted by Gasteiger charge is -2.22. The predicted molar refractivity (Wildman–Crippen MR) is 94.7 cm³/mol. The van der Waals surface area contributed by atoms with E-state index in [9.17, 15) is 4.79 Å². The molecule has 0 saturated carbocycles. The SMILES string of the molecule is CN=C(NCCC(=O)OC)NC1CCN(c2ccccc2OC)C1. The number of methoxy groups -OCH3 is 2. The average Bonchev–Trinajstić information content (AvgIpc) is 3.08. The summed E-state index contributed by atoms with van der Waals surface area (Å²) < 4.78 is 10.1. The van der Waals surface area contributed by atoms with Gasteiger partial charge < -0.3 is 25.0 Å². The summed E-state index contributed by atoms with van der Waals surface area (Å²) in [6.45, 7) is 2.32. The number of anilines is 1. The second-order valence-electron chi connectivity index (χ2n) is 5.57. The van der Waals surface area contributed by atoms with Crippen molar-refractivity contribution >= 4 is 17.6 Å². The summed E-state index contributed by atoms with van der Waals surface area (Å²) in [5, 5.41) is 6.53. The van der Waals surface area contributed by atoms with Gasteiger partial charge in [-0.2, -0.15) is 0 Å². The number of rotatable bonds is 6. The zero-order valence-corrected chi connectivity index (χ0v) is 14.5. The molecule has 2 rings (SSSR count). The standard InChI is InChI=1S/C17H26N4O3/c1-18-17(19-10-8-16(22)24-3)20-13-9-11-21(12-13)14-6-4-5-7-15(14)23-2/h4-7,13H,8-12H2,1-3H3,(H2,18,19,20). The molecule has 24 heavy (non-hydrogen) atoms. The number of carbonyl (C=O) groups excluding carboxylic acids is 1. The van der Waals surface area contributed by atoms with E-state index in [0.29, 0.717) is 25.0 Å². The second-order valence-corrected chi connectivity index (χ2v) is 5.57. The molecule has 1 aromatic rings.